The van der Waals surface area contributed by atoms with Crippen LogP contribution in [0.5, 0.6) is 5.75 Å². The minimum absolute atomic E-state index is 0.0434. The monoisotopic (exact) mass is 414 g/mol. The highest BCUT2D eigenvalue weighted by Gasteiger charge is 2.35. The maximum atomic E-state index is 13.0. The molecule has 6 nitrogen and oxygen atoms in total. The van der Waals surface area contributed by atoms with Crippen LogP contribution in [0.2, 0.25) is 0 Å². The maximum absolute atomic E-state index is 13.0. The number of anilines is 1. The van der Waals surface area contributed by atoms with Crippen molar-refractivity contribution in [2.45, 2.75) is 51.9 Å². The fraction of sp³-hybridized carbons (Fsp3) is 0.667. The van der Waals surface area contributed by atoms with E-state index in [2.05, 4.69) is 25.2 Å². The summed E-state index contributed by atoms with van der Waals surface area (Å²) in [5.74, 6) is 2.12. The Morgan fingerprint density at radius 3 is 2.67 bits per heavy atom. The van der Waals surface area contributed by atoms with Gasteiger partial charge in [0.15, 0.2) is 0 Å². The molecule has 3 aliphatic heterocycles. The minimum atomic E-state index is 0.0434. The van der Waals surface area contributed by atoms with E-state index in [1.165, 1.54) is 5.56 Å². The van der Waals surface area contributed by atoms with E-state index in [9.17, 15) is 9.59 Å². The van der Waals surface area contributed by atoms with Crippen LogP contribution < -0.4 is 10.1 Å². The third kappa shape index (κ3) is 4.80. The Labute approximate surface area is 179 Å². The van der Waals surface area contributed by atoms with E-state index in [1.807, 2.05) is 17.0 Å². The number of likely N-dealkylation sites (tertiary alicyclic amines) is 1. The minimum Gasteiger partial charge on any atom is -0.491 e. The summed E-state index contributed by atoms with van der Waals surface area (Å²) in [6, 6.07) is 6.07. The van der Waals surface area contributed by atoms with Crippen LogP contribution in [-0.4, -0.2) is 49.6 Å². The van der Waals surface area contributed by atoms with Crippen LogP contribution >= 0.6 is 0 Å². The summed E-state index contributed by atoms with van der Waals surface area (Å²) in [6.45, 7) is 7.74. The van der Waals surface area contributed by atoms with Crippen LogP contribution in [0.25, 0.3) is 0 Å². The Morgan fingerprint density at radius 2 is 1.90 bits per heavy atom. The predicted molar refractivity (Wildman–Crippen MR) is 116 cm³/mol. The van der Waals surface area contributed by atoms with Crippen LogP contribution in [0.3, 0.4) is 0 Å². The molecule has 2 amide bonds. The lowest BCUT2D eigenvalue weighted by Gasteiger charge is -2.40. The molecule has 2 saturated heterocycles. The number of piperidine rings is 1. The maximum Gasteiger partial charge on any atom is 0.225 e. The summed E-state index contributed by atoms with van der Waals surface area (Å²) in [5.41, 5.74) is 1.96. The molecular formula is C24H34N2O4. The number of hydrogen-bond donors (Lipinski definition) is 1. The number of fused-ring (bicyclic) bond motifs is 2. The summed E-state index contributed by atoms with van der Waals surface area (Å²) in [5, 5.41) is 3.09. The molecule has 0 saturated carbocycles. The number of rotatable bonds is 2. The molecule has 0 unspecified atom stereocenters. The van der Waals surface area contributed by atoms with Crippen LogP contribution in [-0.2, 0) is 14.3 Å². The van der Waals surface area contributed by atoms with Crippen molar-refractivity contribution in [2.75, 3.05) is 38.2 Å². The van der Waals surface area contributed by atoms with Crippen LogP contribution in [0.1, 0.15) is 57.4 Å². The van der Waals surface area contributed by atoms with Gasteiger partial charge < -0.3 is 19.7 Å². The summed E-state index contributed by atoms with van der Waals surface area (Å²) in [6.07, 6.45) is 3.90. The lowest BCUT2D eigenvalue weighted by molar-refractivity contribution is -0.141. The Balaban J connectivity index is 1.45. The van der Waals surface area contributed by atoms with E-state index in [0.29, 0.717) is 44.0 Å². The molecule has 2 fully saturated rings. The highest BCUT2D eigenvalue weighted by Crippen LogP contribution is 2.35. The predicted octanol–water partition coefficient (Wildman–Crippen LogP) is 3.81. The van der Waals surface area contributed by atoms with Crippen molar-refractivity contribution in [3.8, 4) is 5.75 Å². The zero-order chi connectivity index (χ0) is 21.1. The molecule has 1 N–H and O–H groups in total. The van der Waals surface area contributed by atoms with Crippen molar-refractivity contribution < 1.29 is 19.1 Å². The highest BCUT2D eigenvalue weighted by molar-refractivity contribution is 5.92. The highest BCUT2D eigenvalue weighted by atomic mass is 16.5. The summed E-state index contributed by atoms with van der Waals surface area (Å²) >= 11 is 0. The molecule has 6 heteroatoms. The zero-order valence-corrected chi connectivity index (χ0v) is 18.2. The van der Waals surface area contributed by atoms with Crippen molar-refractivity contribution in [1.82, 2.24) is 4.90 Å². The molecular weight excluding hydrogens is 380 g/mol. The van der Waals surface area contributed by atoms with Gasteiger partial charge in [-0.15, -0.1) is 0 Å². The molecule has 0 radical (unpaired) electrons. The molecule has 1 aromatic rings. The summed E-state index contributed by atoms with van der Waals surface area (Å²) in [4.78, 5) is 27.8. The normalized spacial score (nSPS) is 25.7. The van der Waals surface area contributed by atoms with E-state index in [4.69, 9.17) is 9.47 Å². The lowest BCUT2D eigenvalue weighted by Crippen LogP contribution is -2.48. The smallest absolute Gasteiger partial charge is 0.225 e. The third-order valence-corrected chi connectivity index (χ3v) is 6.91. The second kappa shape index (κ2) is 9.38. The van der Waals surface area contributed by atoms with Gasteiger partial charge in [0, 0.05) is 38.6 Å². The van der Waals surface area contributed by atoms with Gasteiger partial charge >= 0.3 is 0 Å². The number of benzene rings is 1. The van der Waals surface area contributed by atoms with Crippen molar-refractivity contribution >= 4 is 17.5 Å². The SMILES string of the molecule is CC(C)c1ccc2c(c1)NC(=O)C[C@@H]1CCN(C(=O)C3CCOCC3)C[C@@H]1CCO2. The van der Waals surface area contributed by atoms with E-state index in [1.54, 1.807) is 0 Å². The average molecular weight is 415 g/mol. The molecule has 164 valence electrons. The lowest BCUT2D eigenvalue weighted by atomic mass is 9.80. The van der Waals surface area contributed by atoms with Gasteiger partial charge in [-0.2, -0.15) is 0 Å². The number of carbonyl (C=O) groups excluding carboxylic acids is 2. The second-order valence-electron chi connectivity index (χ2n) is 9.28. The first kappa shape index (κ1) is 21.2. The first-order valence-corrected chi connectivity index (χ1v) is 11.4. The Hall–Kier alpha value is -2.08. The number of hydrogen-bond acceptors (Lipinski definition) is 4. The first-order chi connectivity index (χ1) is 14.5. The number of amides is 2. The van der Waals surface area contributed by atoms with Gasteiger partial charge in [0.2, 0.25) is 11.8 Å². The second-order valence-corrected chi connectivity index (χ2v) is 9.28. The van der Waals surface area contributed by atoms with Crippen molar-refractivity contribution in [2.24, 2.45) is 17.8 Å². The number of nitrogens with zero attached hydrogens (tertiary/aromatic N) is 1. The Morgan fingerprint density at radius 1 is 1.10 bits per heavy atom. The number of ether oxygens (including phenoxy) is 2. The standard InChI is InChI=1S/C24H34N2O4/c1-16(2)18-3-4-22-21(13-18)25-23(27)14-19-5-9-26(15-20(19)8-12-30-22)24(28)17-6-10-29-11-7-17/h3-4,13,16-17,19-20H,5-12,14-15H2,1-2H3,(H,25,27)/t19-,20-/m0/s1. The first-order valence-electron chi connectivity index (χ1n) is 11.4. The molecule has 1 aromatic carbocycles. The molecule has 0 aromatic heterocycles. The largest absolute Gasteiger partial charge is 0.491 e. The average Bonchev–Trinajstić information content (AvgIpc) is 2.75. The molecule has 3 heterocycles. The van der Waals surface area contributed by atoms with Gasteiger partial charge in [0.25, 0.3) is 0 Å². The Kier molecular flexibility index (Phi) is 6.61. The number of carbonyl (C=O) groups is 2. The summed E-state index contributed by atoms with van der Waals surface area (Å²) < 4.78 is 11.5. The molecule has 3 aliphatic rings. The molecule has 0 aliphatic carbocycles. The van der Waals surface area contributed by atoms with Crippen LogP contribution in [0, 0.1) is 17.8 Å². The molecule has 4 rings (SSSR count). The fourth-order valence-electron chi connectivity index (χ4n) is 4.97. The fourth-order valence-corrected chi connectivity index (χ4v) is 4.97. The van der Waals surface area contributed by atoms with Crippen LogP contribution in [0.4, 0.5) is 5.69 Å². The zero-order valence-electron chi connectivity index (χ0n) is 18.2. The molecule has 0 spiro atoms. The van der Waals surface area contributed by atoms with E-state index in [-0.39, 0.29) is 17.7 Å². The van der Waals surface area contributed by atoms with E-state index >= 15 is 0 Å². The molecule has 30 heavy (non-hydrogen) atoms. The number of nitrogens with one attached hydrogen (secondary N) is 1. The van der Waals surface area contributed by atoms with Crippen LogP contribution in [0.15, 0.2) is 18.2 Å². The molecule has 0 bridgehead atoms. The van der Waals surface area contributed by atoms with E-state index in [0.717, 1.165) is 50.2 Å². The van der Waals surface area contributed by atoms with E-state index < -0.39 is 0 Å². The van der Waals surface area contributed by atoms with Crippen molar-refractivity contribution in [1.29, 1.82) is 0 Å². The van der Waals surface area contributed by atoms with Gasteiger partial charge in [0.1, 0.15) is 5.75 Å². The Bertz CT molecular complexity index is 772. The van der Waals surface area contributed by atoms with Gasteiger partial charge in [-0.1, -0.05) is 19.9 Å². The summed E-state index contributed by atoms with van der Waals surface area (Å²) in [7, 11) is 0. The van der Waals surface area contributed by atoms with Gasteiger partial charge in [0.05, 0.1) is 12.3 Å². The van der Waals surface area contributed by atoms with Crippen molar-refractivity contribution in [3.63, 3.8) is 0 Å². The van der Waals surface area contributed by atoms with Crippen molar-refractivity contribution in [3.05, 3.63) is 23.8 Å². The quantitative estimate of drug-likeness (QED) is 0.799. The van der Waals surface area contributed by atoms with Gasteiger partial charge in [-0.3, -0.25) is 9.59 Å². The van der Waals surface area contributed by atoms with Gasteiger partial charge in [-0.05, 0) is 61.1 Å². The van der Waals surface area contributed by atoms with Gasteiger partial charge in [-0.25, -0.2) is 0 Å². The third-order valence-electron chi connectivity index (χ3n) is 6.91. The molecule has 2 atom stereocenters. The topological polar surface area (TPSA) is 67.9 Å².